The van der Waals surface area contributed by atoms with Crippen molar-refractivity contribution in [3.05, 3.63) is 34.3 Å². The molecule has 4 heteroatoms. The second kappa shape index (κ2) is 5.93. The van der Waals surface area contributed by atoms with Crippen molar-refractivity contribution in [2.75, 3.05) is 6.54 Å². The molecule has 1 aliphatic rings. The van der Waals surface area contributed by atoms with Gasteiger partial charge in [-0.05, 0) is 37.5 Å². The Morgan fingerprint density at radius 2 is 2.05 bits per heavy atom. The number of rotatable bonds is 3. The minimum Gasteiger partial charge on any atom is -0.350 e. The summed E-state index contributed by atoms with van der Waals surface area (Å²) in [6.45, 7) is 2.45. The third kappa shape index (κ3) is 3.71. The number of carbonyl (C=O) groups excluding carboxylic acids is 1. The highest BCUT2D eigenvalue weighted by molar-refractivity contribution is 6.31. The number of benzene rings is 1. The first-order valence-corrected chi connectivity index (χ1v) is 7.21. The van der Waals surface area contributed by atoms with Crippen molar-refractivity contribution in [3.8, 4) is 0 Å². The Balaban J connectivity index is 1.99. The van der Waals surface area contributed by atoms with Crippen LogP contribution in [-0.4, -0.2) is 18.0 Å². The molecule has 1 amide bonds. The van der Waals surface area contributed by atoms with Crippen LogP contribution in [0.25, 0.3) is 0 Å². The lowest BCUT2D eigenvalue weighted by Gasteiger charge is -2.33. The highest BCUT2D eigenvalue weighted by Crippen LogP contribution is 2.25. The van der Waals surface area contributed by atoms with Gasteiger partial charge in [0, 0.05) is 22.7 Å². The molecule has 1 aliphatic carbocycles. The predicted octanol–water partition coefficient (Wildman–Crippen LogP) is 3.04. The molecule has 1 aromatic carbocycles. The molecule has 0 heterocycles. The fraction of sp³-hybridized carbons (Fsp3) is 0.533. The first-order chi connectivity index (χ1) is 9.00. The molecule has 0 atom stereocenters. The van der Waals surface area contributed by atoms with Crippen molar-refractivity contribution >= 4 is 17.5 Å². The number of aryl methyl sites for hydroxylation is 1. The number of hydrogen-bond acceptors (Lipinski definition) is 2. The van der Waals surface area contributed by atoms with Gasteiger partial charge in [0.1, 0.15) is 0 Å². The molecule has 104 valence electrons. The van der Waals surface area contributed by atoms with E-state index in [1.54, 1.807) is 12.1 Å². The molecule has 1 saturated carbocycles. The Morgan fingerprint density at radius 1 is 1.37 bits per heavy atom. The number of hydrogen-bond donors (Lipinski definition) is 2. The van der Waals surface area contributed by atoms with E-state index >= 15 is 0 Å². The molecule has 1 fully saturated rings. The molecule has 0 unspecified atom stereocenters. The Kier molecular flexibility index (Phi) is 4.48. The van der Waals surface area contributed by atoms with E-state index in [1.807, 2.05) is 13.0 Å². The molecule has 0 aliphatic heterocycles. The van der Waals surface area contributed by atoms with Crippen molar-refractivity contribution in [3.63, 3.8) is 0 Å². The molecule has 1 aromatic rings. The van der Waals surface area contributed by atoms with E-state index in [2.05, 4.69) is 5.32 Å². The number of halogens is 1. The third-order valence-electron chi connectivity index (χ3n) is 3.89. The summed E-state index contributed by atoms with van der Waals surface area (Å²) < 4.78 is 0. The molecule has 3 nitrogen and oxygen atoms in total. The zero-order valence-electron chi connectivity index (χ0n) is 11.3. The standard InChI is InChI=1S/C15H21ClN2O/c1-11-5-6-12(16)9-13(11)14(19)18-10-15(17)7-3-2-4-8-15/h5-6,9H,2-4,7-8,10,17H2,1H3,(H,18,19). The Hall–Kier alpha value is -1.06. The lowest BCUT2D eigenvalue weighted by Crippen LogP contribution is -2.51. The van der Waals surface area contributed by atoms with Crippen molar-refractivity contribution in [1.29, 1.82) is 0 Å². The maximum absolute atomic E-state index is 12.2. The smallest absolute Gasteiger partial charge is 0.251 e. The van der Waals surface area contributed by atoms with E-state index in [0.717, 1.165) is 31.2 Å². The maximum atomic E-state index is 12.2. The molecular weight excluding hydrogens is 260 g/mol. The van der Waals surface area contributed by atoms with Crippen LogP contribution >= 0.6 is 11.6 Å². The third-order valence-corrected chi connectivity index (χ3v) is 4.13. The summed E-state index contributed by atoms with van der Waals surface area (Å²) >= 11 is 5.93. The zero-order valence-corrected chi connectivity index (χ0v) is 12.1. The molecule has 0 aromatic heterocycles. The summed E-state index contributed by atoms with van der Waals surface area (Å²) in [4.78, 5) is 12.2. The second-order valence-corrected chi connectivity index (χ2v) is 6.00. The van der Waals surface area contributed by atoms with Crippen LogP contribution in [0.15, 0.2) is 18.2 Å². The summed E-state index contributed by atoms with van der Waals surface area (Å²) in [6, 6.07) is 5.35. The minimum atomic E-state index is -0.236. The quantitative estimate of drug-likeness (QED) is 0.894. The first kappa shape index (κ1) is 14.4. The average molecular weight is 281 g/mol. The molecular formula is C15H21ClN2O. The number of nitrogens with two attached hydrogens (primary N) is 1. The molecule has 0 spiro atoms. The normalized spacial score (nSPS) is 18.1. The van der Waals surface area contributed by atoms with Crippen molar-refractivity contribution in [2.45, 2.75) is 44.6 Å². The highest BCUT2D eigenvalue weighted by atomic mass is 35.5. The van der Waals surface area contributed by atoms with Gasteiger partial charge in [0.2, 0.25) is 0 Å². The fourth-order valence-electron chi connectivity index (χ4n) is 2.62. The molecule has 3 N–H and O–H groups in total. The van der Waals surface area contributed by atoms with Gasteiger partial charge in [0.05, 0.1) is 0 Å². The van der Waals surface area contributed by atoms with Gasteiger partial charge < -0.3 is 11.1 Å². The molecule has 19 heavy (non-hydrogen) atoms. The topological polar surface area (TPSA) is 55.1 Å². The number of carbonyl (C=O) groups is 1. The van der Waals surface area contributed by atoms with Crippen LogP contribution in [0.2, 0.25) is 5.02 Å². The summed E-state index contributed by atoms with van der Waals surface area (Å²) in [5.41, 5.74) is 7.64. The Morgan fingerprint density at radius 3 is 2.74 bits per heavy atom. The number of amides is 1. The van der Waals surface area contributed by atoms with E-state index in [-0.39, 0.29) is 11.4 Å². The summed E-state index contributed by atoms with van der Waals surface area (Å²) in [5, 5.41) is 3.53. The monoisotopic (exact) mass is 280 g/mol. The molecule has 0 bridgehead atoms. The predicted molar refractivity (Wildman–Crippen MR) is 78.5 cm³/mol. The largest absolute Gasteiger partial charge is 0.350 e. The van der Waals surface area contributed by atoms with Gasteiger partial charge in [-0.25, -0.2) is 0 Å². The van der Waals surface area contributed by atoms with Gasteiger partial charge in [-0.1, -0.05) is 36.9 Å². The lowest BCUT2D eigenvalue weighted by atomic mass is 9.82. The lowest BCUT2D eigenvalue weighted by molar-refractivity contribution is 0.0937. The SMILES string of the molecule is Cc1ccc(Cl)cc1C(=O)NCC1(N)CCCCC1. The van der Waals surface area contributed by atoms with Crippen LogP contribution in [0.1, 0.15) is 48.0 Å². The van der Waals surface area contributed by atoms with Gasteiger partial charge in [-0.2, -0.15) is 0 Å². The average Bonchev–Trinajstić information content (AvgIpc) is 2.40. The minimum absolute atomic E-state index is 0.0876. The fourth-order valence-corrected chi connectivity index (χ4v) is 2.80. The van der Waals surface area contributed by atoms with E-state index < -0.39 is 0 Å². The maximum Gasteiger partial charge on any atom is 0.251 e. The Labute approximate surface area is 119 Å². The van der Waals surface area contributed by atoms with Crippen LogP contribution in [-0.2, 0) is 0 Å². The van der Waals surface area contributed by atoms with Crippen molar-refractivity contribution < 1.29 is 4.79 Å². The highest BCUT2D eigenvalue weighted by Gasteiger charge is 2.27. The van der Waals surface area contributed by atoms with Crippen LogP contribution in [0.5, 0.6) is 0 Å². The van der Waals surface area contributed by atoms with Gasteiger partial charge in [-0.3, -0.25) is 4.79 Å². The van der Waals surface area contributed by atoms with Crippen molar-refractivity contribution in [1.82, 2.24) is 5.32 Å². The first-order valence-electron chi connectivity index (χ1n) is 6.83. The van der Waals surface area contributed by atoms with E-state index in [4.69, 9.17) is 17.3 Å². The van der Waals surface area contributed by atoms with Gasteiger partial charge in [0.15, 0.2) is 0 Å². The van der Waals surface area contributed by atoms with Crippen molar-refractivity contribution in [2.24, 2.45) is 5.73 Å². The number of nitrogens with one attached hydrogen (secondary N) is 1. The molecule has 2 rings (SSSR count). The summed E-state index contributed by atoms with van der Waals surface area (Å²) in [5.74, 6) is -0.0876. The van der Waals surface area contributed by atoms with Crippen LogP contribution in [0, 0.1) is 6.92 Å². The van der Waals surface area contributed by atoms with E-state index in [1.165, 1.54) is 6.42 Å². The summed E-state index contributed by atoms with van der Waals surface area (Å²) in [6.07, 6.45) is 5.54. The van der Waals surface area contributed by atoms with Crippen LogP contribution in [0.4, 0.5) is 0 Å². The zero-order chi connectivity index (χ0) is 13.9. The molecule has 0 saturated heterocycles. The summed E-state index contributed by atoms with van der Waals surface area (Å²) in [7, 11) is 0. The van der Waals surface area contributed by atoms with Crippen LogP contribution < -0.4 is 11.1 Å². The molecule has 0 radical (unpaired) electrons. The van der Waals surface area contributed by atoms with Gasteiger partial charge in [-0.15, -0.1) is 0 Å². The van der Waals surface area contributed by atoms with Crippen LogP contribution in [0.3, 0.4) is 0 Å². The Bertz CT molecular complexity index is 467. The second-order valence-electron chi connectivity index (χ2n) is 5.56. The van der Waals surface area contributed by atoms with E-state index in [9.17, 15) is 4.79 Å². The van der Waals surface area contributed by atoms with E-state index in [0.29, 0.717) is 17.1 Å². The van der Waals surface area contributed by atoms with Gasteiger partial charge in [0.25, 0.3) is 5.91 Å². The van der Waals surface area contributed by atoms with Gasteiger partial charge >= 0.3 is 0 Å².